The van der Waals surface area contributed by atoms with Crippen molar-refractivity contribution in [2.24, 2.45) is 0 Å². The fourth-order valence-corrected chi connectivity index (χ4v) is 2.93. The molecule has 1 unspecified atom stereocenters. The first-order chi connectivity index (χ1) is 11.1. The molecule has 1 aromatic carbocycles. The van der Waals surface area contributed by atoms with E-state index in [4.69, 9.17) is 9.47 Å². The van der Waals surface area contributed by atoms with Gasteiger partial charge >= 0.3 is 5.97 Å². The van der Waals surface area contributed by atoms with E-state index in [-0.39, 0.29) is 0 Å². The molecule has 1 aliphatic rings. The van der Waals surface area contributed by atoms with Crippen molar-refractivity contribution in [1.82, 2.24) is 20.2 Å². The molecule has 8 nitrogen and oxygen atoms in total. The summed E-state index contributed by atoms with van der Waals surface area (Å²) in [7, 11) is 2.91. The van der Waals surface area contributed by atoms with Gasteiger partial charge in [-0.1, -0.05) is 27.1 Å². The molecule has 0 saturated carbocycles. The number of hydrogen-bond acceptors (Lipinski definition) is 7. The first kappa shape index (κ1) is 15.5. The van der Waals surface area contributed by atoms with Crippen LogP contribution in [-0.4, -0.2) is 40.4 Å². The molecular formula is C14H14BrN5O3. The van der Waals surface area contributed by atoms with Crippen molar-refractivity contribution >= 4 is 27.8 Å². The molecule has 9 heteroatoms. The predicted octanol–water partition coefficient (Wildman–Crippen LogP) is 1.91. The van der Waals surface area contributed by atoms with E-state index >= 15 is 0 Å². The Morgan fingerprint density at radius 2 is 2.17 bits per heavy atom. The van der Waals surface area contributed by atoms with E-state index in [9.17, 15) is 4.79 Å². The quantitative estimate of drug-likeness (QED) is 0.814. The van der Waals surface area contributed by atoms with Gasteiger partial charge in [-0.05, 0) is 29.5 Å². The van der Waals surface area contributed by atoms with Crippen molar-refractivity contribution < 1.29 is 14.3 Å². The number of anilines is 1. The summed E-state index contributed by atoms with van der Waals surface area (Å²) in [4.78, 5) is 12.3. The Bertz CT molecular complexity index is 801. The van der Waals surface area contributed by atoms with Gasteiger partial charge in [-0.2, -0.15) is 4.68 Å². The maximum Gasteiger partial charge on any atom is 0.338 e. The Labute approximate surface area is 140 Å². The van der Waals surface area contributed by atoms with E-state index in [1.54, 1.807) is 14.0 Å². The summed E-state index contributed by atoms with van der Waals surface area (Å²) in [5.41, 5.74) is 1.81. The van der Waals surface area contributed by atoms with Crippen molar-refractivity contribution in [1.29, 1.82) is 0 Å². The summed E-state index contributed by atoms with van der Waals surface area (Å²) in [6.07, 6.45) is 0. The van der Waals surface area contributed by atoms with Gasteiger partial charge in [0.1, 0.15) is 11.8 Å². The molecule has 1 aliphatic heterocycles. The van der Waals surface area contributed by atoms with Crippen molar-refractivity contribution in [3.63, 3.8) is 0 Å². The number of carbonyl (C=O) groups excluding carboxylic acids is 1. The molecule has 2 heterocycles. The number of carbonyl (C=O) groups is 1. The van der Waals surface area contributed by atoms with E-state index in [0.29, 0.717) is 23.0 Å². The smallest absolute Gasteiger partial charge is 0.338 e. The van der Waals surface area contributed by atoms with Gasteiger partial charge in [0.25, 0.3) is 0 Å². The Hall–Kier alpha value is -2.42. The zero-order chi connectivity index (χ0) is 16.6. The van der Waals surface area contributed by atoms with E-state index in [0.717, 1.165) is 10.0 Å². The van der Waals surface area contributed by atoms with Crippen molar-refractivity contribution in [3.05, 3.63) is 39.5 Å². The largest absolute Gasteiger partial charge is 0.496 e. The van der Waals surface area contributed by atoms with Gasteiger partial charge in [0.2, 0.25) is 5.95 Å². The minimum Gasteiger partial charge on any atom is -0.496 e. The Morgan fingerprint density at radius 3 is 2.87 bits per heavy atom. The Balaban J connectivity index is 2.24. The zero-order valence-electron chi connectivity index (χ0n) is 12.7. The molecule has 1 aromatic heterocycles. The van der Waals surface area contributed by atoms with Gasteiger partial charge < -0.3 is 14.8 Å². The molecule has 1 N–H and O–H groups in total. The number of methoxy groups -OCH3 is 2. The number of nitrogens with zero attached hydrogens (tertiary/aromatic N) is 4. The summed E-state index contributed by atoms with van der Waals surface area (Å²) in [5, 5.41) is 14.6. The van der Waals surface area contributed by atoms with Crippen LogP contribution in [-0.2, 0) is 9.53 Å². The molecule has 0 aliphatic carbocycles. The minimum absolute atomic E-state index is 0.424. The lowest BCUT2D eigenvalue weighted by molar-refractivity contribution is -0.136. The molecule has 0 spiro atoms. The molecule has 0 radical (unpaired) electrons. The summed E-state index contributed by atoms with van der Waals surface area (Å²) < 4.78 is 12.8. The molecule has 2 aromatic rings. The van der Waals surface area contributed by atoms with Crippen LogP contribution in [0.1, 0.15) is 18.5 Å². The van der Waals surface area contributed by atoms with E-state index < -0.39 is 12.0 Å². The molecule has 120 valence electrons. The van der Waals surface area contributed by atoms with Gasteiger partial charge in [-0.25, -0.2) is 4.79 Å². The summed E-state index contributed by atoms with van der Waals surface area (Å²) in [5.74, 6) is 0.609. The van der Waals surface area contributed by atoms with Gasteiger partial charge in [0, 0.05) is 15.7 Å². The first-order valence-electron chi connectivity index (χ1n) is 6.74. The van der Waals surface area contributed by atoms with Crippen LogP contribution in [0.15, 0.2) is 33.9 Å². The molecule has 0 amide bonds. The van der Waals surface area contributed by atoms with Crippen LogP contribution in [0.3, 0.4) is 0 Å². The van der Waals surface area contributed by atoms with Gasteiger partial charge in [-0.3, -0.25) is 0 Å². The van der Waals surface area contributed by atoms with Gasteiger partial charge in [0.15, 0.2) is 0 Å². The highest BCUT2D eigenvalue weighted by Crippen LogP contribution is 2.39. The molecular weight excluding hydrogens is 366 g/mol. The number of fused-ring (bicyclic) bond motifs is 1. The van der Waals surface area contributed by atoms with Crippen LogP contribution in [0, 0.1) is 0 Å². The summed E-state index contributed by atoms with van der Waals surface area (Å²) in [6.45, 7) is 1.78. The average molecular weight is 380 g/mol. The molecule has 0 bridgehead atoms. The van der Waals surface area contributed by atoms with Crippen LogP contribution < -0.4 is 10.1 Å². The SMILES string of the molecule is COC(=O)C1=C(C)Nc2nnnn2C1c1ccc(Br)cc1OC. The number of benzene rings is 1. The third-order valence-corrected chi connectivity index (χ3v) is 4.10. The highest BCUT2D eigenvalue weighted by Gasteiger charge is 2.36. The Morgan fingerprint density at radius 1 is 1.39 bits per heavy atom. The second-order valence-corrected chi connectivity index (χ2v) is 5.81. The van der Waals surface area contributed by atoms with E-state index in [2.05, 4.69) is 36.8 Å². The van der Waals surface area contributed by atoms with Gasteiger partial charge in [-0.15, -0.1) is 0 Å². The molecule has 1 atom stereocenters. The second-order valence-electron chi connectivity index (χ2n) is 4.89. The van der Waals surface area contributed by atoms with Crippen molar-refractivity contribution in [3.8, 4) is 5.75 Å². The number of rotatable bonds is 3. The molecule has 0 fully saturated rings. The number of halogens is 1. The number of hydrogen-bond donors (Lipinski definition) is 1. The second kappa shape index (κ2) is 5.99. The van der Waals surface area contributed by atoms with Crippen molar-refractivity contribution in [2.75, 3.05) is 19.5 Å². The fraction of sp³-hybridized carbons (Fsp3) is 0.286. The number of tetrazole rings is 1. The normalized spacial score (nSPS) is 16.6. The van der Waals surface area contributed by atoms with Crippen LogP contribution in [0.5, 0.6) is 5.75 Å². The summed E-state index contributed by atoms with van der Waals surface area (Å²) >= 11 is 3.41. The molecule has 23 heavy (non-hydrogen) atoms. The van der Waals surface area contributed by atoms with Gasteiger partial charge in [0.05, 0.1) is 19.8 Å². The zero-order valence-corrected chi connectivity index (χ0v) is 14.3. The highest BCUT2D eigenvalue weighted by molar-refractivity contribution is 9.10. The molecule has 0 saturated heterocycles. The first-order valence-corrected chi connectivity index (χ1v) is 7.53. The third kappa shape index (κ3) is 2.56. The number of aromatic nitrogens is 4. The lowest BCUT2D eigenvalue weighted by atomic mass is 9.95. The summed E-state index contributed by atoms with van der Waals surface area (Å²) in [6, 6.07) is 5.01. The standard InChI is InChI=1S/C14H14BrN5O3/c1-7-11(13(21)23-3)12(20-14(16-7)17-18-19-20)9-5-4-8(15)6-10(9)22-2/h4-6,12H,1-3H3,(H,16,17,19). The number of allylic oxidation sites excluding steroid dienone is 1. The van der Waals surface area contributed by atoms with Crippen LogP contribution in [0.2, 0.25) is 0 Å². The lowest BCUT2D eigenvalue weighted by Crippen LogP contribution is -2.29. The van der Waals surface area contributed by atoms with Crippen LogP contribution in [0.4, 0.5) is 5.95 Å². The van der Waals surface area contributed by atoms with Crippen LogP contribution in [0.25, 0.3) is 0 Å². The van der Waals surface area contributed by atoms with E-state index in [1.807, 2.05) is 18.2 Å². The van der Waals surface area contributed by atoms with Crippen LogP contribution >= 0.6 is 15.9 Å². The monoisotopic (exact) mass is 379 g/mol. The minimum atomic E-state index is -0.545. The molecule has 3 rings (SSSR count). The number of ether oxygens (including phenoxy) is 2. The highest BCUT2D eigenvalue weighted by atomic mass is 79.9. The lowest BCUT2D eigenvalue weighted by Gasteiger charge is -2.28. The maximum absolute atomic E-state index is 12.3. The third-order valence-electron chi connectivity index (χ3n) is 3.61. The maximum atomic E-state index is 12.3. The topological polar surface area (TPSA) is 91.2 Å². The number of nitrogens with one attached hydrogen (secondary N) is 1. The average Bonchev–Trinajstić information content (AvgIpc) is 3.00. The van der Waals surface area contributed by atoms with E-state index in [1.165, 1.54) is 11.8 Å². The number of esters is 1. The Kier molecular flexibility index (Phi) is 4.03. The predicted molar refractivity (Wildman–Crippen MR) is 85.0 cm³/mol. The fourth-order valence-electron chi connectivity index (χ4n) is 2.59. The van der Waals surface area contributed by atoms with Crippen molar-refractivity contribution in [2.45, 2.75) is 13.0 Å².